The smallest absolute Gasteiger partial charge is 0.254 e. The number of rotatable bonds is 4. The van der Waals surface area contributed by atoms with Crippen LogP contribution in [0.5, 0.6) is 0 Å². The first kappa shape index (κ1) is 18.4. The van der Waals surface area contributed by atoms with Crippen LogP contribution < -0.4 is 10.9 Å². The lowest BCUT2D eigenvalue weighted by Crippen LogP contribution is -2.14. The first-order chi connectivity index (χ1) is 12.3. The molecule has 3 rings (SSSR count). The largest absolute Gasteiger partial charge is 0.363 e. The Labute approximate surface area is 161 Å². The van der Waals surface area contributed by atoms with Gasteiger partial charge in [0.05, 0.1) is 6.04 Å². The Bertz CT molecular complexity index is 999. The van der Waals surface area contributed by atoms with Crippen LogP contribution >= 0.6 is 23.2 Å². The molecule has 0 saturated heterocycles. The van der Waals surface area contributed by atoms with E-state index in [0.29, 0.717) is 32.9 Å². The van der Waals surface area contributed by atoms with Gasteiger partial charge in [0.2, 0.25) is 0 Å². The molecule has 3 aromatic rings. The Hall–Kier alpha value is -2.37. The molecule has 0 spiro atoms. The number of aryl methyl sites for hydroxylation is 1. The topological polar surface area (TPSA) is 70.7 Å². The normalized spacial score (nSPS) is 12.0. The number of pyridine rings is 1. The summed E-state index contributed by atoms with van der Waals surface area (Å²) in [6.45, 7) is 5.56. The molecule has 0 fully saturated rings. The molecule has 0 unspecified atom stereocenters. The van der Waals surface area contributed by atoms with E-state index in [1.807, 2.05) is 32.0 Å². The number of aromatic nitrogens is 3. The van der Waals surface area contributed by atoms with E-state index in [0.717, 1.165) is 11.1 Å². The summed E-state index contributed by atoms with van der Waals surface area (Å²) in [5, 5.41) is 4.50. The van der Waals surface area contributed by atoms with Gasteiger partial charge in [0.15, 0.2) is 0 Å². The van der Waals surface area contributed by atoms with E-state index in [2.05, 4.69) is 20.3 Å². The summed E-state index contributed by atoms with van der Waals surface area (Å²) < 4.78 is 0. The van der Waals surface area contributed by atoms with E-state index in [4.69, 9.17) is 23.2 Å². The maximum atomic E-state index is 11.9. The van der Waals surface area contributed by atoms with Crippen LogP contribution in [0.2, 0.25) is 10.0 Å². The second kappa shape index (κ2) is 7.48. The summed E-state index contributed by atoms with van der Waals surface area (Å²) in [4.78, 5) is 23.5. The second-order valence-electron chi connectivity index (χ2n) is 6.09. The van der Waals surface area contributed by atoms with Gasteiger partial charge in [-0.15, -0.1) is 0 Å². The van der Waals surface area contributed by atoms with Crippen LogP contribution in [0.1, 0.15) is 29.8 Å². The lowest BCUT2D eigenvalue weighted by Gasteiger charge is -2.16. The number of halogens is 2. The monoisotopic (exact) mass is 388 g/mol. The predicted octanol–water partition coefficient (Wildman–Crippen LogP) is 4.93. The van der Waals surface area contributed by atoms with Crippen molar-refractivity contribution in [2.45, 2.75) is 26.8 Å². The minimum Gasteiger partial charge on any atom is -0.363 e. The van der Waals surface area contributed by atoms with E-state index in [-0.39, 0.29) is 11.6 Å². The van der Waals surface area contributed by atoms with Crippen LogP contribution in [0.3, 0.4) is 0 Å². The Kier molecular flexibility index (Phi) is 5.30. The fraction of sp³-hybridized carbons (Fsp3) is 0.211. The van der Waals surface area contributed by atoms with Crippen molar-refractivity contribution in [1.29, 1.82) is 0 Å². The average molecular weight is 389 g/mol. The van der Waals surface area contributed by atoms with Gasteiger partial charge in [-0.1, -0.05) is 29.3 Å². The van der Waals surface area contributed by atoms with Gasteiger partial charge in [-0.3, -0.25) is 4.79 Å². The van der Waals surface area contributed by atoms with Gasteiger partial charge in [0.1, 0.15) is 11.6 Å². The second-order valence-corrected chi connectivity index (χ2v) is 6.93. The van der Waals surface area contributed by atoms with Gasteiger partial charge in [0.25, 0.3) is 5.56 Å². The number of hydrogen-bond donors (Lipinski definition) is 2. The molecular formula is C19H18Cl2N4O. The number of benzene rings is 1. The van der Waals surface area contributed by atoms with Crippen LogP contribution in [0.25, 0.3) is 11.4 Å². The van der Waals surface area contributed by atoms with Gasteiger partial charge in [-0.05, 0) is 50.6 Å². The summed E-state index contributed by atoms with van der Waals surface area (Å²) in [5.74, 6) is 1.20. The van der Waals surface area contributed by atoms with E-state index >= 15 is 0 Å². The van der Waals surface area contributed by atoms with Gasteiger partial charge < -0.3 is 10.3 Å². The van der Waals surface area contributed by atoms with Gasteiger partial charge in [0, 0.05) is 33.1 Å². The van der Waals surface area contributed by atoms with Crippen molar-refractivity contribution in [1.82, 2.24) is 15.0 Å². The van der Waals surface area contributed by atoms with Crippen LogP contribution in [0.4, 0.5) is 5.82 Å². The molecule has 2 N–H and O–H groups in total. The first-order valence-electron chi connectivity index (χ1n) is 8.10. The number of nitrogens with one attached hydrogen (secondary N) is 2. The Morgan fingerprint density at radius 2 is 1.92 bits per heavy atom. The van der Waals surface area contributed by atoms with E-state index in [1.54, 1.807) is 25.3 Å². The maximum absolute atomic E-state index is 11.9. The van der Waals surface area contributed by atoms with Crippen LogP contribution in [-0.4, -0.2) is 15.0 Å². The van der Waals surface area contributed by atoms with Crippen molar-refractivity contribution in [3.8, 4) is 11.4 Å². The number of H-pyrrole nitrogens is 1. The number of nitrogens with zero attached hydrogens (tertiary/aromatic N) is 2. The summed E-state index contributed by atoms with van der Waals surface area (Å²) in [6.07, 6.45) is 1.67. The summed E-state index contributed by atoms with van der Waals surface area (Å²) in [7, 11) is 0. The van der Waals surface area contributed by atoms with Crippen LogP contribution in [0, 0.1) is 13.8 Å². The summed E-state index contributed by atoms with van der Waals surface area (Å²) >= 11 is 12.2. The molecular weight excluding hydrogens is 371 g/mol. The summed E-state index contributed by atoms with van der Waals surface area (Å²) in [5.41, 5.74) is 2.86. The molecule has 1 aromatic carbocycles. The third-order valence-corrected chi connectivity index (χ3v) is 4.79. The zero-order chi connectivity index (χ0) is 18.8. The highest BCUT2D eigenvalue weighted by Crippen LogP contribution is 2.28. The Balaban J connectivity index is 1.80. The minimum atomic E-state index is -0.138. The van der Waals surface area contributed by atoms with Crippen LogP contribution in [-0.2, 0) is 0 Å². The fourth-order valence-electron chi connectivity index (χ4n) is 2.55. The Morgan fingerprint density at radius 3 is 2.54 bits per heavy atom. The molecule has 0 radical (unpaired) electrons. The Morgan fingerprint density at radius 1 is 1.15 bits per heavy atom. The zero-order valence-electron chi connectivity index (χ0n) is 14.6. The highest BCUT2D eigenvalue weighted by Gasteiger charge is 2.11. The highest BCUT2D eigenvalue weighted by molar-refractivity contribution is 6.35. The van der Waals surface area contributed by atoms with Gasteiger partial charge in [-0.2, -0.15) is 0 Å². The van der Waals surface area contributed by atoms with E-state index in [1.165, 1.54) is 0 Å². The lowest BCUT2D eigenvalue weighted by atomic mass is 10.1. The van der Waals surface area contributed by atoms with Crippen LogP contribution in [0.15, 0.2) is 41.3 Å². The van der Waals surface area contributed by atoms with Gasteiger partial charge in [-0.25, -0.2) is 9.97 Å². The van der Waals surface area contributed by atoms with Crippen molar-refractivity contribution in [2.75, 3.05) is 5.32 Å². The number of hydrogen-bond acceptors (Lipinski definition) is 4. The average Bonchev–Trinajstić information content (AvgIpc) is 2.59. The molecule has 0 aliphatic carbocycles. The zero-order valence-corrected chi connectivity index (χ0v) is 16.1. The lowest BCUT2D eigenvalue weighted by molar-refractivity contribution is 0.875. The van der Waals surface area contributed by atoms with Crippen molar-refractivity contribution < 1.29 is 0 Å². The van der Waals surface area contributed by atoms with Crippen molar-refractivity contribution in [3.63, 3.8) is 0 Å². The molecule has 0 saturated carbocycles. The maximum Gasteiger partial charge on any atom is 0.254 e. The molecule has 0 bridgehead atoms. The molecule has 0 aliphatic heterocycles. The molecule has 5 nitrogen and oxygen atoms in total. The SMILES string of the molecule is Cc1nc(-c2ccc(N[C@@H](C)c3ccc(Cl)cc3Cl)nc2)[nH]c(=O)c1C. The molecule has 0 amide bonds. The molecule has 7 heteroatoms. The molecule has 2 heterocycles. The van der Waals surface area contributed by atoms with Crippen molar-refractivity contribution in [3.05, 3.63) is 73.7 Å². The molecule has 26 heavy (non-hydrogen) atoms. The number of aromatic amines is 1. The summed E-state index contributed by atoms with van der Waals surface area (Å²) in [6, 6.07) is 9.07. The van der Waals surface area contributed by atoms with Gasteiger partial charge >= 0.3 is 0 Å². The van der Waals surface area contributed by atoms with E-state index in [9.17, 15) is 4.79 Å². The minimum absolute atomic E-state index is 0.0438. The first-order valence-corrected chi connectivity index (χ1v) is 8.86. The standard InChI is InChI=1S/C19H18Cl2N4O/c1-10-11(2)24-18(25-19(10)26)13-4-7-17(22-9-13)23-12(3)15-6-5-14(20)8-16(15)21/h4-9,12H,1-3H3,(H,22,23)(H,24,25,26)/t12-/m0/s1. The molecule has 0 aliphatic rings. The molecule has 2 aromatic heterocycles. The quantitative estimate of drug-likeness (QED) is 0.664. The number of anilines is 1. The molecule has 1 atom stereocenters. The van der Waals surface area contributed by atoms with Crippen molar-refractivity contribution >= 4 is 29.0 Å². The van der Waals surface area contributed by atoms with E-state index < -0.39 is 0 Å². The third kappa shape index (κ3) is 3.89. The highest BCUT2D eigenvalue weighted by atomic mass is 35.5. The van der Waals surface area contributed by atoms with Crippen molar-refractivity contribution in [2.24, 2.45) is 0 Å². The predicted molar refractivity (Wildman–Crippen MR) is 106 cm³/mol. The molecule has 134 valence electrons. The third-order valence-electron chi connectivity index (χ3n) is 4.23. The fourth-order valence-corrected chi connectivity index (χ4v) is 3.13.